The summed E-state index contributed by atoms with van der Waals surface area (Å²) in [6.45, 7) is 5.22. The molecule has 2 N–H and O–H groups in total. The third-order valence-corrected chi connectivity index (χ3v) is 3.19. The van der Waals surface area contributed by atoms with E-state index in [2.05, 4.69) is 0 Å². The molecule has 7 heteroatoms. The topological polar surface area (TPSA) is 95.7 Å². The highest BCUT2D eigenvalue weighted by molar-refractivity contribution is 7.90. The summed E-state index contributed by atoms with van der Waals surface area (Å²) in [6, 6.07) is 7.32. The average molecular weight is 327 g/mol. The van der Waals surface area contributed by atoms with Gasteiger partial charge < -0.3 is 14.7 Å². The van der Waals surface area contributed by atoms with Crippen LogP contribution in [-0.4, -0.2) is 26.0 Å². The van der Waals surface area contributed by atoms with Gasteiger partial charge in [-0.3, -0.25) is 4.79 Å². The van der Waals surface area contributed by atoms with Crippen molar-refractivity contribution in [2.75, 3.05) is 0 Å². The van der Waals surface area contributed by atoms with E-state index in [-0.39, 0.29) is 12.2 Å². The highest BCUT2D eigenvalue weighted by Gasteiger charge is 2.18. The summed E-state index contributed by atoms with van der Waals surface area (Å²) in [5.74, 6) is -0.293. The Balaban J connectivity index is 2.57. The molecule has 0 aliphatic carbocycles. The van der Waals surface area contributed by atoms with Gasteiger partial charge in [0.15, 0.2) is 0 Å². The normalized spacial score (nSPS) is 13.8. The maximum absolute atomic E-state index is 11.7. The van der Waals surface area contributed by atoms with Crippen LogP contribution in [0.1, 0.15) is 27.2 Å². The number of esters is 1. The Morgan fingerprint density at radius 2 is 1.86 bits per heavy atom. The fourth-order valence-corrected chi connectivity index (χ4v) is 2.31. The second kappa shape index (κ2) is 7.42. The Morgan fingerprint density at radius 3 is 2.41 bits per heavy atom. The molecule has 0 heterocycles. The number of para-hydroxylation sites is 1. The van der Waals surface area contributed by atoms with Gasteiger partial charge in [-0.1, -0.05) is 24.3 Å². The van der Waals surface area contributed by atoms with E-state index in [1.54, 1.807) is 39.0 Å². The summed E-state index contributed by atoms with van der Waals surface area (Å²) >= 11 is 0. The van der Waals surface area contributed by atoms with Gasteiger partial charge in [0.25, 0.3) is 0 Å². The molecule has 0 unspecified atom stereocenters. The zero-order chi connectivity index (χ0) is 16.8. The quantitative estimate of drug-likeness (QED) is 0.634. The van der Waals surface area contributed by atoms with Crippen LogP contribution in [0.4, 0.5) is 0 Å². The van der Waals surface area contributed by atoms with Crippen LogP contribution in [-0.2, 0) is 19.6 Å². The largest absolute Gasteiger partial charge is 0.460 e. The van der Waals surface area contributed by atoms with Crippen LogP contribution in [0.5, 0.6) is 5.75 Å². The van der Waals surface area contributed by atoms with Gasteiger partial charge in [-0.25, -0.2) is 0 Å². The maximum atomic E-state index is 11.7. The molecule has 0 amide bonds. The van der Waals surface area contributed by atoms with Crippen molar-refractivity contribution in [2.45, 2.75) is 38.8 Å². The summed E-state index contributed by atoms with van der Waals surface area (Å²) < 4.78 is 33.4. The van der Waals surface area contributed by atoms with Crippen molar-refractivity contribution < 1.29 is 22.1 Å². The number of hydrogen-bond donors (Lipinski definition) is 1. The minimum atomic E-state index is -3.91. The fraction of sp³-hybridized carbons (Fsp3) is 0.400. The molecule has 0 aromatic heterocycles. The van der Waals surface area contributed by atoms with Crippen LogP contribution in [0.25, 0.3) is 0 Å². The molecule has 0 radical (unpaired) electrons. The van der Waals surface area contributed by atoms with Crippen molar-refractivity contribution in [3.8, 4) is 5.75 Å². The first-order chi connectivity index (χ1) is 10.1. The van der Waals surface area contributed by atoms with E-state index < -0.39 is 27.7 Å². The summed E-state index contributed by atoms with van der Waals surface area (Å²) in [5.41, 5.74) is 5.08. The minimum absolute atomic E-state index is 0.116. The van der Waals surface area contributed by atoms with Gasteiger partial charge in [0.1, 0.15) is 11.4 Å². The van der Waals surface area contributed by atoms with Crippen LogP contribution >= 0.6 is 0 Å². The van der Waals surface area contributed by atoms with E-state index in [4.69, 9.17) is 14.7 Å². The van der Waals surface area contributed by atoms with Gasteiger partial charge in [0, 0.05) is 6.04 Å². The Labute approximate surface area is 131 Å². The molecule has 6 nitrogen and oxygen atoms in total. The van der Waals surface area contributed by atoms with Crippen LogP contribution < -0.4 is 9.92 Å². The average Bonchev–Trinajstić information content (AvgIpc) is 2.35. The molecule has 22 heavy (non-hydrogen) atoms. The molecule has 1 atom stereocenters. The van der Waals surface area contributed by atoms with Gasteiger partial charge >= 0.3 is 16.1 Å². The van der Waals surface area contributed by atoms with Crippen LogP contribution in [0.3, 0.4) is 0 Å². The van der Waals surface area contributed by atoms with Crippen molar-refractivity contribution in [2.24, 2.45) is 5.73 Å². The number of hydrogen-bond acceptors (Lipinski definition) is 6. The van der Waals surface area contributed by atoms with Gasteiger partial charge in [0.2, 0.25) is 0 Å². The lowest BCUT2D eigenvalue weighted by Gasteiger charge is -2.20. The molecule has 1 aromatic rings. The monoisotopic (exact) mass is 327 g/mol. The van der Waals surface area contributed by atoms with E-state index in [0.29, 0.717) is 0 Å². The zero-order valence-electron chi connectivity index (χ0n) is 12.9. The van der Waals surface area contributed by atoms with Crippen LogP contribution in [0.15, 0.2) is 41.8 Å². The maximum Gasteiger partial charge on any atom is 0.332 e. The predicted molar refractivity (Wildman–Crippen MR) is 83.6 cm³/mol. The van der Waals surface area contributed by atoms with Crippen molar-refractivity contribution in [1.82, 2.24) is 0 Å². The molecule has 1 rings (SSSR count). The molecule has 0 fully saturated rings. The van der Waals surface area contributed by atoms with Gasteiger partial charge in [-0.2, -0.15) is 8.42 Å². The first-order valence-electron chi connectivity index (χ1n) is 6.72. The van der Waals surface area contributed by atoms with Crippen LogP contribution in [0.2, 0.25) is 0 Å². The number of rotatable bonds is 6. The third-order valence-electron chi connectivity index (χ3n) is 2.27. The first-order valence-corrected chi connectivity index (χ1v) is 8.20. The molecular weight excluding hydrogens is 306 g/mol. The second-order valence-electron chi connectivity index (χ2n) is 5.67. The lowest BCUT2D eigenvalue weighted by atomic mass is 10.2. The number of carbonyl (C=O) groups excluding carboxylic acids is 1. The lowest BCUT2D eigenvalue weighted by Crippen LogP contribution is -2.29. The lowest BCUT2D eigenvalue weighted by molar-refractivity contribution is -0.154. The molecule has 0 aliphatic heterocycles. The molecule has 0 aliphatic rings. The number of carbonyl (C=O) groups is 1. The standard InChI is InChI=1S/C15H21NO5S/c1-15(2,3)20-14(17)11-12(16)9-10-22(18,19)21-13-7-5-4-6-8-13/h4-10,12H,11,16H2,1-3H3/b10-9+/t12-/m1/s1. The highest BCUT2D eigenvalue weighted by Crippen LogP contribution is 2.13. The van der Waals surface area contributed by atoms with Gasteiger partial charge in [-0.15, -0.1) is 0 Å². The molecule has 0 spiro atoms. The number of benzene rings is 1. The molecule has 0 saturated heterocycles. The summed E-state index contributed by atoms with van der Waals surface area (Å²) in [6.07, 6.45) is 1.08. The Morgan fingerprint density at radius 1 is 1.27 bits per heavy atom. The van der Waals surface area contributed by atoms with Gasteiger partial charge in [-0.05, 0) is 32.9 Å². The predicted octanol–water partition coefficient (Wildman–Crippen LogP) is 1.97. The minimum Gasteiger partial charge on any atom is -0.460 e. The van der Waals surface area contributed by atoms with E-state index in [9.17, 15) is 13.2 Å². The molecule has 0 saturated carbocycles. The number of nitrogens with two attached hydrogens (primary N) is 1. The molecular formula is C15H21NO5S. The first kappa shape index (κ1) is 18.2. The Hall–Kier alpha value is -1.86. The van der Waals surface area contributed by atoms with Gasteiger partial charge in [0.05, 0.1) is 11.8 Å². The summed E-state index contributed by atoms with van der Waals surface area (Å²) in [4.78, 5) is 11.6. The Bertz CT molecular complexity index is 617. The van der Waals surface area contributed by atoms with E-state index in [0.717, 1.165) is 5.41 Å². The fourth-order valence-electron chi connectivity index (χ4n) is 1.48. The third kappa shape index (κ3) is 7.80. The van der Waals surface area contributed by atoms with Crippen molar-refractivity contribution in [3.05, 3.63) is 41.8 Å². The summed E-state index contributed by atoms with van der Waals surface area (Å²) in [7, 11) is -3.91. The van der Waals surface area contributed by atoms with Crippen molar-refractivity contribution >= 4 is 16.1 Å². The second-order valence-corrected chi connectivity index (χ2v) is 7.10. The Kier molecular flexibility index (Phi) is 6.13. The van der Waals surface area contributed by atoms with Crippen LogP contribution in [0, 0.1) is 0 Å². The molecule has 122 valence electrons. The number of ether oxygens (including phenoxy) is 1. The van der Waals surface area contributed by atoms with E-state index in [1.165, 1.54) is 18.2 Å². The summed E-state index contributed by atoms with van der Waals surface area (Å²) in [5, 5.41) is 0.842. The smallest absolute Gasteiger partial charge is 0.332 e. The molecule has 0 bridgehead atoms. The highest BCUT2D eigenvalue weighted by atomic mass is 32.2. The van der Waals surface area contributed by atoms with E-state index in [1.807, 2.05) is 0 Å². The zero-order valence-corrected chi connectivity index (χ0v) is 13.7. The van der Waals surface area contributed by atoms with Crippen molar-refractivity contribution in [3.63, 3.8) is 0 Å². The van der Waals surface area contributed by atoms with Crippen molar-refractivity contribution in [1.29, 1.82) is 0 Å². The molecule has 1 aromatic carbocycles. The SMILES string of the molecule is CC(C)(C)OC(=O)C[C@H](N)/C=C/S(=O)(=O)Oc1ccccc1. The van der Waals surface area contributed by atoms with E-state index >= 15 is 0 Å².